The van der Waals surface area contributed by atoms with Crippen molar-refractivity contribution in [1.29, 1.82) is 0 Å². The number of benzene rings is 1. The van der Waals surface area contributed by atoms with Gasteiger partial charge in [0.05, 0.1) is 11.4 Å². The largest absolute Gasteiger partial charge is 0.258 e. The van der Waals surface area contributed by atoms with E-state index in [1.807, 2.05) is 36.7 Å². The Morgan fingerprint density at radius 3 is 2.00 bits per heavy atom. The molecule has 0 saturated heterocycles. The summed E-state index contributed by atoms with van der Waals surface area (Å²) in [5, 5.41) is 0. The van der Waals surface area contributed by atoms with Crippen molar-refractivity contribution in [3.05, 3.63) is 24.3 Å². The van der Waals surface area contributed by atoms with Gasteiger partial charge in [0.15, 0.2) is 0 Å². The Bertz CT molecular complexity index is 306. The van der Waals surface area contributed by atoms with Crippen LogP contribution in [0.3, 0.4) is 0 Å². The fourth-order valence-corrected chi connectivity index (χ4v) is 1.12. The summed E-state index contributed by atoms with van der Waals surface area (Å²) in [5.41, 5.74) is 1.91. The van der Waals surface area contributed by atoms with E-state index in [1.54, 1.807) is 0 Å². The minimum Gasteiger partial charge on any atom is -0.258 e. The van der Waals surface area contributed by atoms with Crippen LogP contribution in [0.15, 0.2) is 34.3 Å². The minimum absolute atomic E-state index is 0.331. The lowest BCUT2D eigenvalue weighted by Gasteiger charge is -1.94. The van der Waals surface area contributed by atoms with Gasteiger partial charge in [-0.3, -0.25) is 9.98 Å². The van der Waals surface area contributed by atoms with Gasteiger partial charge < -0.3 is 0 Å². The highest BCUT2D eigenvalue weighted by Gasteiger charge is 2.02. The third-order valence-corrected chi connectivity index (χ3v) is 1.78. The summed E-state index contributed by atoms with van der Waals surface area (Å²) in [4.78, 5) is 8.64. The standard InChI is InChI=1S/C10H10N2/c1-8-6-11-9-4-2-3-5-10(9)12-7-8/h2-8H,1H3. The first kappa shape index (κ1) is 7.22. The predicted octanol–water partition coefficient (Wildman–Crippen LogP) is 2.74. The van der Waals surface area contributed by atoms with E-state index in [0.29, 0.717) is 5.92 Å². The van der Waals surface area contributed by atoms with Crippen LogP contribution in [-0.4, -0.2) is 12.4 Å². The fourth-order valence-electron chi connectivity index (χ4n) is 1.12. The van der Waals surface area contributed by atoms with Crippen LogP contribution >= 0.6 is 0 Å². The third-order valence-electron chi connectivity index (χ3n) is 1.78. The van der Waals surface area contributed by atoms with Crippen LogP contribution in [0.1, 0.15) is 6.92 Å². The first-order valence-electron chi connectivity index (χ1n) is 4.03. The smallest absolute Gasteiger partial charge is 0.0882 e. The molecule has 0 bridgehead atoms. The molecular weight excluding hydrogens is 148 g/mol. The quantitative estimate of drug-likeness (QED) is 0.554. The van der Waals surface area contributed by atoms with Gasteiger partial charge in [-0.05, 0) is 12.1 Å². The Balaban J connectivity index is 2.52. The van der Waals surface area contributed by atoms with Crippen LogP contribution in [0, 0.1) is 5.92 Å². The number of fused-ring (bicyclic) bond motifs is 1. The van der Waals surface area contributed by atoms with Crippen LogP contribution in [-0.2, 0) is 0 Å². The van der Waals surface area contributed by atoms with E-state index in [9.17, 15) is 0 Å². The van der Waals surface area contributed by atoms with Gasteiger partial charge in [-0.1, -0.05) is 19.1 Å². The Kier molecular flexibility index (Phi) is 1.74. The second-order valence-corrected chi connectivity index (χ2v) is 2.90. The molecule has 0 atom stereocenters. The molecule has 1 heterocycles. The molecule has 0 aromatic heterocycles. The molecule has 2 nitrogen and oxygen atoms in total. The maximum Gasteiger partial charge on any atom is 0.0882 e. The summed E-state index contributed by atoms with van der Waals surface area (Å²) < 4.78 is 0. The average Bonchev–Trinajstić information content (AvgIpc) is 2.29. The highest BCUT2D eigenvalue weighted by Crippen LogP contribution is 2.28. The molecule has 0 amide bonds. The normalized spacial score (nSPS) is 15.8. The molecule has 12 heavy (non-hydrogen) atoms. The number of hydrogen-bond donors (Lipinski definition) is 0. The van der Waals surface area contributed by atoms with Crippen molar-refractivity contribution in [2.45, 2.75) is 6.92 Å². The lowest BCUT2D eigenvalue weighted by Crippen LogP contribution is -1.93. The highest BCUT2D eigenvalue weighted by molar-refractivity contribution is 5.89. The summed E-state index contributed by atoms with van der Waals surface area (Å²) >= 11 is 0. The van der Waals surface area contributed by atoms with Crippen molar-refractivity contribution >= 4 is 23.8 Å². The molecule has 1 aromatic rings. The molecule has 0 spiro atoms. The predicted molar refractivity (Wildman–Crippen MR) is 51.9 cm³/mol. The highest BCUT2D eigenvalue weighted by atomic mass is 14.8. The van der Waals surface area contributed by atoms with Crippen molar-refractivity contribution in [3.8, 4) is 0 Å². The molecule has 0 N–H and O–H groups in total. The van der Waals surface area contributed by atoms with Gasteiger partial charge >= 0.3 is 0 Å². The molecule has 60 valence electrons. The molecule has 2 heteroatoms. The molecule has 2 rings (SSSR count). The van der Waals surface area contributed by atoms with Crippen molar-refractivity contribution in [2.24, 2.45) is 15.9 Å². The summed E-state index contributed by atoms with van der Waals surface area (Å²) in [6, 6.07) is 7.89. The molecule has 0 saturated carbocycles. The van der Waals surface area contributed by atoms with Crippen molar-refractivity contribution < 1.29 is 0 Å². The van der Waals surface area contributed by atoms with Crippen molar-refractivity contribution in [3.63, 3.8) is 0 Å². The fraction of sp³-hybridized carbons (Fsp3) is 0.200. The topological polar surface area (TPSA) is 24.7 Å². The van der Waals surface area contributed by atoms with E-state index in [4.69, 9.17) is 0 Å². The zero-order chi connectivity index (χ0) is 8.39. The molecule has 0 fully saturated rings. The molecule has 1 aromatic carbocycles. The van der Waals surface area contributed by atoms with E-state index in [0.717, 1.165) is 11.4 Å². The molecular formula is C10H10N2. The minimum atomic E-state index is 0.331. The summed E-state index contributed by atoms with van der Waals surface area (Å²) in [7, 11) is 0. The van der Waals surface area contributed by atoms with Crippen LogP contribution in [0.25, 0.3) is 0 Å². The number of para-hydroxylation sites is 2. The maximum atomic E-state index is 4.32. The Morgan fingerprint density at radius 1 is 1.00 bits per heavy atom. The Hall–Kier alpha value is -1.44. The number of aliphatic imine (C=N–C) groups is 2. The average molecular weight is 158 g/mol. The van der Waals surface area contributed by atoms with Crippen LogP contribution in [0.4, 0.5) is 11.4 Å². The van der Waals surface area contributed by atoms with E-state index in [1.165, 1.54) is 0 Å². The van der Waals surface area contributed by atoms with Crippen LogP contribution < -0.4 is 0 Å². The zero-order valence-electron chi connectivity index (χ0n) is 6.94. The van der Waals surface area contributed by atoms with E-state index in [-0.39, 0.29) is 0 Å². The number of nitrogens with zero attached hydrogens (tertiary/aromatic N) is 2. The summed E-state index contributed by atoms with van der Waals surface area (Å²) in [6.07, 6.45) is 3.82. The van der Waals surface area contributed by atoms with Crippen molar-refractivity contribution in [1.82, 2.24) is 0 Å². The first-order chi connectivity index (χ1) is 5.86. The van der Waals surface area contributed by atoms with Gasteiger partial charge in [-0.25, -0.2) is 0 Å². The number of hydrogen-bond acceptors (Lipinski definition) is 2. The Labute approximate surface area is 71.7 Å². The third kappa shape index (κ3) is 1.28. The van der Waals surface area contributed by atoms with E-state index in [2.05, 4.69) is 16.9 Å². The lowest BCUT2D eigenvalue weighted by molar-refractivity contribution is 1.12. The van der Waals surface area contributed by atoms with Gasteiger partial charge in [0, 0.05) is 18.3 Å². The SMILES string of the molecule is CC1C=Nc2ccccc2N=C1. The van der Waals surface area contributed by atoms with Gasteiger partial charge in [0.2, 0.25) is 0 Å². The second-order valence-electron chi connectivity index (χ2n) is 2.90. The molecule has 0 radical (unpaired) electrons. The summed E-state index contributed by atoms with van der Waals surface area (Å²) in [5.74, 6) is 0.331. The Morgan fingerprint density at radius 2 is 1.50 bits per heavy atom. The molecule has 1 aliphatic rings. The molecule has 0 unspecified atom stereocenters. The van der Waals surface area contributed by atoms with Crippen LogP contribution in [0.5, 0.6) is 0 Å². The van der Waals surface area contributed by atoms with Crippen molar-refractivity contribution in [2.75, 3.05) is 0 Å². The molecule has 0 aliphatic carbocycles. The maximum absolute atomic E-state index is 4.32. The van der Waals surface area contributed by atoms with Crippen LogP contribution in [0.2, 0.25) is 0 Å². The van der Waals surface area contributed by atoms with E-state index >= 15 is 0 Å². The van der Waals surface area contributed by atoms with E-state index < -0.39 is 0 Å². The van der Waals surface area contributed by atoms with Gasteiger partial charge in [0.25, 0.3) is 0 Å². The van der Waals surface area contributed by atoms with Gasteiger partial charge in [-0.2, -0.15) is 0 Å². The number of rotatable bonds is 0. The van der Waals surface area contributed by atoms with Gasteiger partial charge in [-0.15, -0.1) is 0 Å². The second kappa shape index (κ2) is 2.89. The molecule has 1 aliphatic heterocycles. The summed E-state index contributed by atoms with van der Waals surface area (Å²) in [6.45, 7) is 2.07. The zero-order valence-corrected chi connectivity index (χ0v) is 6.94. The monoisotopic (exact) mass is 158 g/mol. The lowest BCUT2D eigenvalue weighted by atomic mass is 10.2. The van der Waals surface area contributed by atoms with Gasteiger partial charge in [0.1, 0.15) is 0 Å². The first-order valence-corrected chi connectivity index (χ1v) is 4.03.